The summed E-state index contributed by atoms with van der Waals surface area (Å²) in [5, 5.41) is 7.06. The molecule has 27 heavy (non-hydrogen) atoms. The van der Waals surface area contributed by atoms with Gasteiger partial charge in [0.15, 0.2) is 0 Å². The van der Waals surface area contributed by atoms with Gasteiger partial charge in [-0.15, -0.1) is 0 Å². The minimum absolute atomic E-state index is 0.551. The largest absolute Gasteiger partial charge is 0.492 e. The summed E-state index contributed by atoms with van der Waals surface area (Å²) in [6.45, 7) is 6.67. The fourth-order valence-electron chi connectivity index (χ4n) is 2.98. The van der Waals surface area contributed by atoms with E-state index in [1.165, 1.54) is 18.3 Å². The summed E-state index contributed by atoms with van der Waals surface area (Å²) in [4.78, 5) is 2.28. The van der Waals surface area contributed by atoms with Crippen molar-refractivity contribution in [3.05, 3.63) is 72.4 Å². The number of nitrogens with one attached hydrogen (secondary N) is 1. The van der Waals surface area contributed by atoms with Gasteiger partial charge in [-0.05, 0) is 73.0 Å². The Morgan fingerprint density at radius 3 is 2.30 bits per heavy atom. The first kappa shape index (κ1) is 18.6. The van der Waals surface area contributed by atoms with Crippen molar-refractivity contribution in [1.29, 1.82) is 5.41 Å². The third kappa shape index (κ3) is 5.14. The number of nitrogens with zero attached hydrogens (tertiary/aromatic N) is 1. The van der Waals surface area contributed by atoms with Gasteiger partial charge in [0.25, 0.3) is 0 Å². The van der Waals surface area contributed by atoms with E-state index in [1.807, 2.05) is 48.5 Å². The summed E-state index contributed by atoms with van der Waals surface area (Å²) in [7, 11) is 0. The maximum absolute atomic E-state index is 7.06. The number of nitrogens with two attached hydrogens (primary N) is 1. The predicted octanol–water partition coefficient (Wildman–Crippen LogP) is 4.42. The Bertz CT molecular complexity index is 810. The third-order valence-corrected chi connectivity index (χ3v) is 4.48. The molecule has 140 valence electrons. The zero-order chi connectivity index (χ0) is 19.1. The van der Waals surface area contributed by atoms with Crippen LogP contribution in [-0.4, -0.2) is 30.8 Å². The van der Waals surface area contributed by atoms with Crippen molar-refractivity contribution in [2.75, 3.05) is 19.7 Å². The molecule has 0 spiro atoms. The molecule has 3 N–H and O–H groups in total. The molecular weight excluding hydrogens is 338 g/mol. The summed E-state index contributed by atoms with van der Waals surface area (Å²) in [6.07, 6.45) is 5.01. The second-order valence-electron chi connectivity index (χ2n) is 6.39. The van der Waals surface area contributed by atoms with E-state index in [1.54, 1.807) is 6.08 Å². The first-order valence-corrected chi connectivity index (χ1v) is 9.06. The summed E-state index contributed by atoms with van der Waals surface area (Å²) in [5.74, 6) is 2.29. The molecule has 2 aromatic rings. The van der Waals surface area contributed by atoms with Crippen LogP contribution in [-0.2, 0) is 0 Å². The van der Waals surface area contributed by atoms with E-state index in [0.717, 1.165) is 42.3 Å². The Morgan fingerprint density at radius 2 is 1.70 bits per heavy atom. The van der Waals surface area contributed by atoms with E-state index in [-0.39, 0.29) is 0 Å². The Labute approximate surface area is 160 Å². The molecule has 5 nitrogen and oxygen atoms in total. The number of allylic oxidation sites excluding steroid dienone is 2. The highest BCUT2D eigenvalue weighted by atomic mass is 16.5. The first-order valence-electron chi connectivity index (χ1n) is 9.06. The van der Waals surface area contributed by atoms with Gasteiger partial charge in [-0.25, -0.2) is 0 Å². The Kier molecular flexibility index (Phi) is 6.15. The fraction of sp³-hybridized carbons (Fsp3) is 0.227. The van der Waals surface area contributed by atoms with E-state index < -0.39 is 0 Å². The Morgan fingerprint density at radius 1 is 1.07 bits per heavy atom. The molecule has 1 saturated heterocycles. The molecular formula is C22H25N3O2. The molecule has 0 amide bonds. The van der Waals surface area contributed by atoms with Crippen LogP contribution in [0.4, 0.5) is 0 Å². The van der Waals surface area contributed by atoms with Gasteiger partial charge in [-0.3, -0.25) is 0 Å². The highest BCUT2D eigenvalue weighted by molar-refractivity contribution is 5.81. The second kappa shape index (κ2) is 8.94. The summed E-state index contributed by atoms with van der Waals surface area (Å²) >= 11 is 0. The molecule has 0 bridgehead atoms. The average Bonchev–Trinajstić information content (AvgIpc) is 3.09. The number of hydrogen-bond acceptors (Lipinski definition) is 5. The molecule has 1 fully saturated rings. The van der Waals surface area contributed by atoms with Crippen LogP contribution >= 0.6 is 0 Å². The number of rotatable bonds is 8. The molecule has 0 radical (unpaired) electrons. The quantitative estimate of drug-likeness (QED) is 0.681. The van der Waals surface area contributed by atoms with Gasteiger partial charge in [0.05, 0.1) is 6.54 Å². The zero-order valence-corrected chi connectivity index (χ0v) is 15.4. The number of hydrogen-bond donors (Lipinski definition) is 2. The van der Waals surface area contributed by atoms with Gasteiger partial charge in [0.2, 0.25) is 0 Å². The van der Waals surface area contributed by atoms with Crippen LogP contribution in [0.15, 0.2) is 66.9 Å². The lowest BCUT2D eigenvalue weighted by atomic mass is 10.1. The topological polar surface area (TPSA) is 71.6 Å². The smallest absolute Gasteiger partial charge is 0.127 e. The molecule has 1 aliphatic rings. The maximum Gasteiger partial charge on any atom is 0.127 e. The van der Waals surface area contributed by atoms with Crippen molar-refractivity contribution in [3.8, 4) is 17.2 Å². The van der Waals surface area contributed by atoms with Crippen molar-refractivity contribution in [1.82, 2.24) is 4.90 Å². The van der Waals surface area contributed by atoms with Crippen LogP contribution in [0, 0.1) is 5.41 Å². The Hall–Kier alpha value is -3.21. The van der Waals surface area contributed by atoms with E-state index in [2.05, 4.69) is 11.5 Å². The molecule has 1 heterocycles. The van der Waals surface area contributed by atoms with Gasteiger partial charge in [0.1, 0.15) is 23.9 Å². The monoisotopic (exact) mass is 363 g/mol. The number of ether oxygens (including phenoxy) is 2. The summed E-state index contributed by atoms with van der Waals surface area (Å²) < 4.78 is 11.7. The van der Waals surface area contributed by atoms with Crippen LogP contribution < -0.4 is 15.2 Å². The van der Waals surface area contributed by atoms with Crippen LogP contribution in [0.2, 0.25) is 0 Å². The van der Waals surface area contributed by atoms with E-state index in [4.69, 9.17) is 20.6 Å². The minimum Gasteiger partial charge on any atom is -0.492 e. The molecule has 5 heteroatoms. The highest BCUT2D eigenvalue weighted by Crippen LogP contribution is 2.25. The molecule has 2 aromatic carbocycles. The first-order chi connectivity index (χ1) is 13.2. The maximum atomic E-state index is 7.06. The number of benzene rings is 2. The van der Waals surface area contributed by atoms with Gasteiger partial charge < -0.3 is 25.5 Å². The van der Waals surface area contributed by atoms with Crippen molar-refractivity contribution in [2.24, 2.45) is 5.73 Å². The normalized spacial score (nSPS) is 14.3. The molecule has 3 rings (SSSR count). The van der Waals surface area contributed by atoms with Gasteiger partial charge in [-0.2, -0.15) is 0 Å². The molecule has 0 saturated carbocycles. The average molecular weight is 363 g/mol. The lowest BCUT2D eigenvalue weighted by Gasteiger charge is -2.19. The predicted molar refractivity (Wildman–Crippen MR) is 109 cm³/mol. The lowest BCUT2D eigenvalue weighted by Crippen LogP contribution is -2.23. The van der Waals surface area contributed by atoms with Crippen molar-refractivity contribution >= 4 is 11.9 Å². The van der Waals surface area contributed by atoms with Crippen molar-refractivity contribution < 1.29 is 9.47 Å². The minimum atomic E-state index is 0.551. The standard InChI is InChI=1S/C22H25N3O2/c1-17-3-2-14-25(17)15-16-26-19-8-10-21(11-9-19)27-20-6-4-18(5-7-20)22(24)12-13-23/h4-13,23H,1-3,14-16,24H2/b22-12-,23-13?. The summed E-state index contributed by atoms with van der Waals surface area (Å²) in [5.41, 5.74) is 8.48. The fourth-order valence-corrected chi connectivity index (χ4v) is 2.98. The molecule has 0 unspecified atom stereocenters. The van der Waals surface area contributed by atoms with Gasteiger partial charge >= 0.3 is 0 Å². The summed E-state index contributed by atoms with van der Waals surface area (Å²) in [6, 6.07) is 15.0. The van der Waals surface area contributed by atoms with E-state index >= 15 is 0 Å². The van der Waals surface area contributed by atoms with E-state index in [0.29, 0.717) is 12.3 Å². The highest BCUT2D eigenvalue weighted by Gasteiger charge is 2.14. The van der Waals surface area contributed by atoms with Gasteiger partial charge in [-0.1, -0.05) is 6.58 Å². The number of likely N-dealkylation sites (tertiary alicyclic amines) is 1. The second-order valence-corrected chi connectivity index (χ2v) is 6.39. The van der Waals surface area contributed by atoms with E-state index in [9.17, 15) is 0 Å². The van der Waals surface area contributed by atoms with Crippen molar-refractivity contribution in [2.45, 2.75) is 12.8 Å². The SMILES string of the molecule is C=C1CCCN1CCOc1ccc(Oc2ccc(/C(N)=C/C=N)cc2)cc1. The third-order valence-electron chi connectivity index (χ3n) is 4.48. The van der Waals surface area contributed by atoms with Crippen LogP contribution in [0.1, 0.15) is 18.4 Å². The molecule has 0 aliphatic carbocycles. The van der Waals surface area contributed by atoms with Crippen LogP contribution in [0.25, 0.3) is 5.70 Å². The van der Waals surface area contributed by atoms with Gasteiger partial charge in [0, 0.05) is 24.2 Å². The van der Waals surface area contributed by atoms with Crippen molar-refractivity contribution in [3.63, 3.8) is 0 Å². The molecule has 0 atom stereocenters. The Balaban J connectivity index is 1.50. The zero-order valence-electron chi connectivity index (χ0n) is 15.4. The van der Waals surface area contributed by atoms with Crippen LogP contribution in [0.5, 0.6) is 17.2 Å². The molecule has 1 aliphatic heterocycles. The van der Waals surface area contributed by atoms with Crippen LogP contribution in [0.3, 0.4) is 0 Å². The lowest BCUT2D eigenvalue weighted by molar-refractivity contribution is 0.258. The molecule has 0 aromatic heterocycles.